The van der Waals surface area contributed by atoms with Crippen molar-refractivity contribution >= 4 is 11.5 Å². The van der Waals surface area contributed by atoms with E-state index in [0.29, 0.717) is 5.75 Å². The quantitative estimate of drug-likeness (QED) is 0.899. The van der Waals surface area contributed by atoms with E-state index in [0.717, 1.165) is 17.6 Å². The Hall–Kier alpha value is -2.04. The number of carboxylic acids is 1. The molecule has 0 aliphatic heterocycles. The van der Waals surface area contributed by atoms with Crippen LogP contribution in [0, 0.1) is 0 Å². The predicted octanol–water partition coefficient (Wildman–Crippen LogP) is 2.48. The molecule has 0 aliphatic rings. The number of aliphatic carboxylic acids is 1. The van der Waals surface area contributed by atoms with E-state index in [1.54, 1.807) is 4.52 Å². The Labute approximate surface area is 111 Å². The van der Waals surface area contributed by atoms with Crippen LogP contribution in [-0.2, 0) is 11.2 Å². The zero-order valence-electron chi connectivity index (χ0n) is 11.4. The first-order chi connectivity index (χ1) is 9.02. The van der Waals surface area contributed by atoms with Crippen LogP contribution in [0.3, 0.4) is 0 Å². The van der Waals surface area contributed by atoms with E-state index in [2.05, 4.69) is 12.0 Å². The van der Waals surface area contributed by atoms with Crippen molar-refractivity contribution in [3.8, 4) is 5.75 Å². The predicted molar refractivity (Wildman–Crippen MR) is 71.8 cm³/mol. The van der Waals surface area contributed by atoms with E-state index in [1.165, 1.54) is 5.56 Å². The van der Waals surface area contributed by atoms with Crippen LogP contribution >= 0.6 is 0 Å². The molecular weight excluding hydrogens is 244 g/mol. The minimum Gasteiger partial charge on any atom is -0.479 e. The molecule has 5 heteroatoms. The Morgan fingerprint density at radius 2 is 2.21 bits per heavy atom. The summed E-state index contributed by atoms with van der Waals surface area (Å²) in [5.41, 5.74) is 2.77. The van der Waals surface area contributed by atoms with Crippen LogP contribution in [0.25, 0.3) is 5.52 Å². The number of hydrogen-bond acceptors (Lipinski definition) is 3. The molecule has 2 rings (SSSR count). The van der Waals surface area contributed by atoms with Gasteiger partial charge in [-0.15, -0.1) is 0 Å². The van der Waals surface area contributed by atoms with Gasteiger partial charge in [0.05, 0.1) is 0 Å². The summed E-state index contributed by atoms with van der Waals surface area (Å²) in [4.78, 5) is 10.7. The fraction of sp³-hybridized carbons (Fsp3) is 0.429. The molecule has 0 aliphatic carbocycles. The first kappa shape index (κ1) is 13.4. The molecule has 0 radical (unpaired) electrons. The summed E-state index contributed by atoms with van der Waals surface area (Å²) in [7, 11) is 0. The zero-order chi connectivity index (χ0) is 14.0. The number of ether oxygens (including phenoxy) is 1. The van der Waals surface area contributed by atoms with Crippen molar-refractivity contribution < 1.29 is 14.6 Å². The molecule has 0 amide bonds. The molecule has 0 aromatic carbocycles. The second kappa shape index (κ2) is 5.30. The van der Waals surface area contributed by atoms with Crippen LogP contribution in [0.4, 0.5) is 0 Å². The van der Waals surface area contributed by atoms with Gasteiger partial charge < -0.3 is 9.84 Å². The van der Waals surface area contributed by atoms with Gasteiger partial charge in [-0.3, -0.25) is 0 Å². The van der Waals surface area contributed by atoms with Crippen LogP contribution in [0.1, 0.15) is 37.9 Å². The lowest BCUT2D eigenvalue weighted by Crippen LogP contribution is -2.10. The van der Waals surface area contributed by atoms with Gasteiger partial charge in [0.15, 0.2) is 12.4 Å². The van der Waals surface area contributed by atoms with Crippen molar-refractivity contribution in [2.24, 2.45) is 0 Å². The molecule has 0 bridgehead atoms. The minimum absolute atomic E-state index is 0.175. The maximum absolute atomic E-state index is 10.7. The van der Waals surface area contributed by atoms with Gasteiger partial charge >= 0.3 is 5.97 Å². The van der Waals surface area contributed by atoms with Crippen molar-refractivity contribution in [2.75, 3.05) is 6.61 Å². The fourth-order valence-corrected chi connectivity index (χ4v) is 1.96. The van der Waals surface area contributed by atoms with Crippen LogP contribution < -0.4 is 4.74 Å². The number of aromatic nitrogens is 2. The van der Waals surface area contributed by atoms with Crippen molar-refractivity contribution in [2.45, 2.75) is 33.1 Å². The highest BCUT2D eigenvalue weighted by Gasteiger charge is 2.18. The number of fused-ring (bicyclic) bond motifs is 1. The first-order valence-electron chi connectivity index (χ1n) is 6.38. The summed E-state index contributed by atoms with van der Waals surface area (Å²) in [5, 5.41) is 13.2. The Balaban J connectivity index is 2.50. The molecule has 1 N–H and O–H groups in total. The molecule has 2 aromatic rings. The van der Waals surface area contributed by atoms with Crippen LogP contribution in [0.15, 0.2) is 18.3 Å². The normalized spacial score (nSPS) is 11.2. The standard InChI is InChI=1S/C14H18N2O3/c1-4-10-5-6-11-14(19-8-12(17)18)13(9(2)3)15-16(11)7-10/h5-7,9H,4,8H2,1-3H3,(H,17,18). The molecule has 0 saturated heterocycles. The van der Waals surface area contributed by atoms with Crippen molar-refractivity contribution in [3.05, 3.63) is 29.6 Å². The van der Waals surface area contributed by atoms with Gasteiger partial charge in [0.1, 0.15) is 11.2 Å². The third-order valence-corrected chi connectivity index (χ3v) is 2.97. The molecule has 102 valence electrons. The smallest absolute Gasteiger partial charge is 0.341 e. The molecule has 0 saturated carbocycles. The van der Waals surface area contributed by atoms with Gasteiger partial charge in [0.25, 0.3) is 0 Å². The molecule has 19 heavy (non-hydrogen) atoms. The van der Waals surface area contributed by atoms with Crippen LogP contribution in [0.5, 0.6) is 5.75 Å². The number of pyridine rings is 1. The lowest BCUT2D eigenvalue weighted by atomic mass is 10.1. The fourth-order valence-electron chi connectivity index (χ4n) is 1.96. The zero-order valence-corrected chi connectivity index (χ0v) is 11.4. The average Bonchev–Trinajstić information content (AvgIpc) is 2.73. The second-order valence-electron chi connectivity index (χ2n) is 4.77. The molecule has 2 heterocycles. The van der Waals surface area contributed by atoms with E-state index in [-0.39, 0.29) is 12.5 Å². The number of carbonyl (C=O) groups is 1. The first-order valence-corrected chi connectivity index (χ1v) is 6.38. The highest BCUT2D eigenvalue weighted by atomic mass is 16.5. The number of nitrogens with zero attached hydrogens (tertiary/aromatic N) is 2. The van der Waals surface area contributed by atoms with Gasteiger partial charge in [0, 0.05) is 12.1 Å². The van der Waals surface area contributed by atoms with E-state index in [9.17, 15) is 4.79 Å². The SMILES string of the molecule is CCc1ccc2c(OCC(=O)O)c(C(C)C)nn2c1. The van der Waals surface area contributed by atoms with Gasteiger partial charge in [-0.2, -0.15) is 5.10 Å². The van der Waals surface area contributed by atoms with E-state index in [1.807, 2.05) is 32.2 Å². The van der Waals surface area contributed by atoms with Crippen LogP contribution in [0.2, 0.25) is 0 Å². The molecule has 0 spiro atoms. The highest BCUT2D eigenvalue weighted by molar-refractivity contribution is 5.70. The maximum Gasteiger partial charge on any atom is 0.341 e. The third kappa shape index (κ3) is 2.70. The van der Waals surface area contributed by atoms with Crippen molar-refractivity contribution in [1.82, 2.24) is 9.61 Å². The Morgan fingerprint density at radius 3 is 2.79 bits per heavy atom. The summed E-state index contributed by atoms with van der Waals surface area (Å²) in [6.07, 6.45) is 2.88. The topological polar surface area (TPSA) is 63.8 Å². The van der Waals surface area contributed by atoms with Gasteiger partial charge in [-0.05, 0) is 18.1 Å². The number of hydrogen-bond donors (Lipinski definition) is 1. The summed E-state index contributed by atoms with van der Waals surface area (Å²) in [6.45, 7) is 5.75. The molecule has 0 atom stereocenters. The number of carboxylic acid groups (broad SMARTS) is 1. The number of aryl methyl sites for hydroxylation is 1. The second-order valence-corrected chi connectivity index (χ2v) is 4.77. The summed E-state index contributed by atoms with van der Waals surface area (Å²) in [5.74, 6) is -0.243. The lowest BCUT2D eigenvalue weighted by Gasteiger charge is -2.06. The van der Waals surface area contributed by atoms with Crippen LogP contribution in [-0.4, -0.2) is 27.3 Å². The van der Waals surface area contributed by atoms with Crippen molar-refractivity contribution in [1.29, 1.82) is 0 Å². The molecular formula is C14H18N2O3. The maximum atomic E-state index is 10.7. The average molecular weight is 262 g/mol. The molecule has 0 fully saturated rings. The molecule has 5 nitrogen and oxygen atoms in total. The van der Waals surface area contributed by atoms with E-state index < -0.39 is 5.97 Å². The molecule has 0 unspecified atom stereocenters. The Bertz CT molecular complexity index is 602. The van der Waals surface area contributed by atoms with Gasteiger partial charge in [0.2, 0.25) is 0 Å². The van der Waals surface area contributed by atoms with Crippen molar-refractivity contribution in [3.63, 3.8) is 0 Å². The van der Waals surface area contributed by atoms with E-state index >= 15 is 0 Å². The summed E-state index contributed by atoms with van der Waals surface area (Å²) < 4.78 is 7.17. The largest absolute Gasteiger partial charge is 0.479 e. The summed E-state index contributed by atoms with van der Waals surface area (Å²) >= 11 is 0. The Morgan fingerprint density at radius 1 is 1.47 bits per heavy atom. The number of rotatable bonds is 5. The van der Waals surface area contributed by atoms with Gasteiger partial charge in [-0.1, -0.05) is 26.8 Å². The third-order valence-electron chi connectivity index (χ3n) is 2.97. The highest BCUT2D eigenvalue weighted by Crippen LogP contribution is 2.30. The van der Waals surface area contributed by atoms with Gasteiger partial charge in [-0.25, -0.2) is 9.31 Å². The Kier molecular flexibility index (Phi) is 3.74. The lowest BCUT2D eigenvalue weighted by molar-refractivity contribution is -0.139. The minimum atomic E-state index is -0.987. The monoisotopic (exact) mass is 262 g/mol. The summed E-state index contributed by atoms with van der Waals surface area (Å²) in [6, 6.07) is 3.93. The van der Waals surface area contributed by atoms with E-state index in [4.69, 9.17) is 9.84 Å². The molecule has 2 aromatic heterocycles.